The number of nitrogens with zero attached hydrogens (tertiary/aromatic N) is 1. The Kier molecular flexibility index (Phi) is 4.32. The number of sulfonamides is 1. The number of rotatable bonds is 2. The first-order valence-corrected chi connectivity index (χ1v) is 9.97. The monoisotopic (exact) mass is 332 g/mol. The minimum atomic E-state index is -3.76. The molecule has 1 fully saturated rings. The van der Waals surface area contributed by atoms with E-state index in [1.165, 1.54) is 4.31 Å². The number of hydrogen-bond donors (Lipinski definition) is 1. The van der Waals surface area contributed by atoms with E-state index < -0.39 is 19.9 Å². The molecule has 0 aliphatic carbocycles. The van der Waals surface area contributed by atoms with Gasteiger partial charge in [-0.1, -0.05) is 0 Å². The van der Waals surface area contributed by atoms with E-state index in [1.54, 1.807) is 12.1 Å². The molecule has 21 heavy (non-hydrogen) atoms. The highest BCUT2D eigenvalue weighted by atomic mass is 32.2. The van der Waals surface area contributed by atoms with Crippen LogP contribution >= 0.6 is 0 Å². The minimum absolute atomic E-state index is 0.0168. The third-order valence-corrected chi connectivity index (χ3v) is 7.43. The normalized spacial score (nSPS) is 20.1. The predicted octanol–water partition coefficient (Wildman–Crippen LogP) is 0.695. The summed E-state index contributed by atoms with van der Waals surface area (Å²) in [4.78, 5) is 0.0601. The molecule has 0 unspecified atom stereocenters. The predicted molar refractivity (Wildman–Crippen MR) is 82.4 cm³/mol. The third-order valence-electron chi connectivity index (χ3n) is 3.76. The molecular formula is C13H20N2O4S2. The first-order chi connectivity index (χ1) is 9.63. The number of sulfone groups is 1. The van der Waals surface area contributed by atoms with Crippen molar-refractivity contribution in [1.29, 1.82) is 0 Å². The van der Waals surface area contributed by atoms with Gasteiger partial charge in [-0.2, -0.15) is 4.31 Å². The van der Waals surface area contributed by atoms with Crippen LogP contribution in [0.3, 0.4) is 0 Å². The maximum Gasteiger partial charge on any atom is 0.245 e. The van der Waals surface area contributed by atoms with Gasteiger partial charge in [-0.05, 0) is 43.5 Å². The SMILES string of the molecule is Cc1cc(N)c(S(=O)(=O)N2CCCS(=O)(=O)CC2)cc1C. The molecule has 118 valence electrons. The number of nitrogen functional groups attached to an aromatic ring is 1. The van der Waals surface area contributed by atoms with Gasteiger partial charge in [0.2, 0.25) is 10.0 Å². The molecule has 1 aromatic rings. The number of nitrogens with two attached hydrogens (primary N) is 1. The van der Waals surface area contributed by atoms with Gasteiger partial charge in [-0.15, -0.1) is 0 Å². The lowest BCUT2D eigenvalue weighted by molar-refractivity contribution is 0.435. The minimum Gasteiger partial charge on any atom is -0.398 e. The van der Waals surface area contributed by atoms with Crippen molar-refractivity contribution in [1.82, 2.24) is 4.31 Å². The van der Waals surface area contributed by atoms with Gasteiger partial charge >= 0.3 is 0 Å². The molecule has 1 saturated heterocycles. The fourth-order valence-electron chi connectivity index (χ4n) is 2.33. The largest absolute Gasteiger partial charge is 0.398 e. The molecule has 2 N–H and O–H groups in total. The van der Waals surface area contributed by atoms with Gasteiger partial charge in [-0.25, -0.2) is 16.8 Å². The number of anilines is 1. The molecule has 0 radical (unpaired) electrons. The van der Waals surface area contributed by atoms with Gasteiger partial charge in [0.25, 0.3) is 0 Å². The smallest absolute Gasteiger partial charge is 0.245 e. The summed E-state index contributed by atoms with van der Waals surface area (Å²) < 4.78 is 49.8. The second-order valence-electron chi connectivity index (χ2n) is 5.38. The molecule has 0 atom stereocenters. The fraction of sp³-hybridized carbons (Fsp3) is 0.538. The molecule has 1 aliphatic heterocycles. The summed E-state index contributed by atoms with van der Waals surface area (Å²) in [5.74, 6) is -0.113. The van der Waals surface area contributed by atoms with Crippen LogP contribution in [0.4, 0.5) is 5.69 Å². The van der Waals surface area contributed by atoms with Gasteiger partial charge in [0.15, 0.2) is 9.84 Å². The summed E-state index contributed by atoms with van der Waals surface area (Å²) >= 11 is 0. The molecule has 6 nitrogen and oxygen atoms in total. The number of benzene rings is 1. The van der Waals surface area contributed by atoms with E-state index in [0.717, 1.165) is 11.1 Å². The highest BCUT2D eigenvalue weighted by molar-refractivity contribution is 7.91. The van der Waals surface area contributed by atoms with Crippen LogP contribution in [0.15, 0.2) is 17.0 Å². The van der Waals surface area contributed by atoms with Crippen LogP contribution in [0.2, 0.25) is 0 Å². The zero-order valence-corrected chi connectivity index (χ0v) is 13.8. The van der Waals surface area contributed by atoms with E-state index >= 15 is 0 Å². The molecule has 1 aliphatic rings. The van der Waals surface area contributed by atoms with Crippen molar-refractivity contribution in [2.24, 2.45) is 0 Å². The van der Waals surface area contributed by atoms with Gasteiger partial charge in [0.05, 0.1) is 17.2 Å². The van der Waals surface area contributed by atoms with Crippen molar-refractivity contribution < 1.29 is 16.8 Å². The Morgan fingerprint density at radius 3 is 2.38 bits per heavy atom. The van der Waals surface area contributed by atoms with Crippen molar-refractivity contribution in [3.05, 3.63) is 23.3 Å². The Hall–Kier alpha value is -1.12. The molecule has 0 bridgehead atoms. The van der Waals surface area contributed by atoms with Crippen LogP contribution in [0.1, 0.15) is 17.5 Å². The lowest BCUT2D eigenvalue weighted by atomic mass is 10.1. The maximum absolute atomic E-state index is 12.7. The van der Waals surface area contributed by atoms with Crippen LogP contribution in [-0.2, 0) is 19.9 Å². The zero-order chi connectivity index (χ0) is 15.8. The first-order valence-electron chi connectivity index (χ1n) is 6.71. The van der Waals surface area contributed by atoms with Crippen molar-refractivity contribution in [3.8, 4) is 0 Å². The van der Waals surface area contributed by atoms with Gasteiger partial charge in [0.1, 0.15) is 4.90 Å². The molecule has 0 saturated carbocycles. The lowest BCUT2D eigenvalue weighted by Crippen LogP contribution is -2.34. The Morgan fingerprint density at radius 1 is 1.10 bits per heavy atom. The Bertz CT molecular complexity index is 755. The van der Waals surface area contributed by atoms with Crippen molar-refractivity contribution in [2.75, 3.05) is 30.3 Å². The Morgan fingerprint density at radius 2 is 1.71 bits per heavy atom. The highest BCUT2D eigenvalue weighted by Crippen LogP contribution is 2.26. The molecule has 8 heteroatoms. The number of aryl methyl sites for hydroxylation is 2. The summed E-state index contributed by atoms with van der Waals surface area (Å²) in [5, 5.41) is 0. The van der Waals surface area contributed by atoms with Crippen molar-refractivity contribution >= 4 is 25.5 Å². The Labute approximate surface area is 125 Å². The molecule has 0 aromatic heterocycles. The molecule has 0 amide bonds. The van der Waals surface area contributed by atoms with Crippen LogP contribution in [0.25, 0.3) is 0 Å². The van der Waals surface area contributed by atoms with E-state index in [-0.39, 0.29) is 35.2 Å². The molecule has 1 heterocycles. The average molecular weight is 332 g/mol. The average Bonchev–Trinajstić information content (AvgIpc) is 2.55. The van der Waals surface area contributed by atoms with E-state index in [2.05, 4.69) is 0 Å². The fourth-order valence-corrected chi connectivity index (χ4v) is 5.38. The standard InChI is InChI=1S/C13H20N2O4S2/c1-10-8-12(14)13(9-11(10)2)21(18,19)15-4-3-6-20(16,17)7-5-15/h8-9H,3-7,14H2,1-2H3. The molecule has 2 rings (SSSR count). The van der Waals surface area contributed by atoms with Gasteiger partial charge in [-0.3, -0.25) is 0 Å². The van der Waals surface area contributed by atoms with Crippen molar-refractivity contribution in [2.45, 2.75) is 25.2 Å². The van der Waals surface area contributed by atoms with E-state index in [1.807, 2.05) is 13.8 Å². The van der Waals surface area contributed by atoms with E-state index in [4.69, 9.17) is 5.73 Å². The van der Waals surface area contributed by atoms with E-state index in [9.17, 15) is 16.8 Å². The maximum atomic E-state index is 12.7. The summed E-state index contributed by atoms with van der Waals surface area (Å²) in [6.45, 7) is 3.87. The van der Waals surface area contributed by atoms with Crippen LogP contribution in [0, 0.1) is 13.8 Å². The number of hydrogen-bond acceptors (Lipinski definition) is 5. The van der Waals surface area contributed by atoms with Crippen LogP contribution in [-0.4, -0.2) is 45.7 Å². The van der Waals surface area contributed by atoms with E-state index in [0.29, 0.717) is 6.42 Å². The highest BCUT2D eigenvalue weighted by Gasteiger charge is 2.30. The lowest BCUT2D eigenvalue weighted by Gasteiger charge is -2.21. The van der Waals surface area contributed by atoms with Crippen molar-refractivity contribution in [3.63, 3.8) is 0 Å². The van der Waals surface area contributed by atoms with Crippen LogP contribution in [0.5, 0.6) is 0 Å². The zero-order valence-electron chi connectivity index (χ0n) is 12.2. The second kappa shape index (κ2) is 5.58. The third kappa shape index (κ3) is 3.38. The quantitative estimate of drug-likeness (QED) is 0.804. The summed E-state index contributed by atoms with van der Waals surface area (Å²) in [6, 6.07) is 3.19. The topological polar surface area (TPSA) is 97.5 Å². The second-order valence-corrected chi connectivity index (χ2v) is 9.59. The summed E-state index contributed by atoms with van der Waals surface area (Å²) in [5.41, 5.74) is 7.81. The summed E-state index contributed by atoms with van der Waals surface area (Å²) in [6.07, 6.45) is 0.312. The molecule has 0 spiro atoms. The Balaban J connectivity index is 2.41. The summed E-state index contributed by atoms with van der Waals surface area (Å²) in [7, 11) is -6.92. The molecule has 1 aromatic carbocycles. The van der Waals surface area contributed by atoms with Gasteiger partial charge < -0.3 is 5.73 Å². The molecular weight excluding hydrogens is 312 g/mol. The van der Waals surface area contributed by atoms with Crippen LogP contribution < -0.4 is 5.73 Å². The first kappa shape index (κ1) is 16.3. The van der Waals surface area contributed by atoms with Gasteiger partial charge in [0, 0.05) is 13.1 Å².